The van der Waals surface area contributed by atoms with Crippen LogP contribution in [-0.4, -0.2) is 25.4 Å². The van der Waals surface area contributed by atoms with Crippen LogP contribution >= 0.6 is 0 Å². The van der Waals surface area contributed by atoms with Crippen molar-refractivity contribution in [3.05, 3.63) is 83.6 Å². The van der Waals surface area contributed by atoms with E-state index in [2.05, 4.69) is 16.0 Å². The van der Waals surface area contributed by atoms with Crippen LogP contribution in [0.4, 0.5) is 0 Å². The summed E-state index contributed by atoms with van der Waals surface area (Å²) >= 11 is 0. The number of nitrogens with one attached hydrogen (secondary N) is 3. The molecule has 0 heterocycles. The summed E-state index contributed by atoms with van der Waals surface area (Å²) in [4.78, 5) is 22.8. The van der Waals surface area contributed by atoms with Gasteiger partial charge in [-0.2, -0.15) is 5.26 Å². The predicted octanol–water partition coefficient (Wildman–Crippen LogP) is 2.03. The largest absolute Gasteiger partial charge is 0.390 e. The predicted molar refractivity (Wildman–Crippen MR) is 103 cm³/mol. The molecule has 0 atom stereocenters. The Kier molecular flexibility index (Phi) is 8.12. The van der Waals surface area contributed by atoms with Gasteiger partial charge in [-0.3, -0.25) is 9.59 Å². The molecule has 0 bridgehead atoms. The number of carbonyl (C=O) groups is 2. The smallest absolute Gasteiger partial charge is 0.264 e. The third-order valence-electron chi connectivity index (χ3n) is 3.88. The minimum atomic E-state index is -0.450. The summed E-state index contributed by atoms with van der Waals surface area (Å²) in [6.07, 6.45) is 2.73. The molecule has 2 aromatic rings. The minimum Gasteiger partial charge on any atom is -0.390 e. The van der Waals surface area contributed by atoms with Crippen molar-refractivity contribution in [2.45, 2.75) is 12.5 Å². The van der Waals surface area contributed by atoms with Gasteiger partial charge in [-0.05, 0) is 17.5 Å². The maximum Gasteiger partial charge on any atom is 0.264 e. The quantitative estimate of drug-likeness (QED) is 0.261. The van der Waals surface area contributed by atoms with E-state index in [1.165, 1.54) is 6.20 Å². The lowest BCUT2D eigenvalue weighted by Gasteiger charge is -2.19. The van der Waals surface area contributed by atoms with Gasteiger partial charge in [0.2, 0.25) is 6.41 Å². The van der Waals surface area contributed by atoms with E-state index in [1.54, 1.807) is 0 Å². The Morgan fingerprint density at radius 1 is 0.963 bits per heavy atom. The Hall–Kier alpha value is -3.59. The van der Waals surface area contributed by atoms with Crippen LogP contribution in [0.3, 0.4) is 0 Å². The fourth-order valence-corrected chi connectivity index (χ4v) is 2.53. The summed E-state index contributed by atoms with van der Waals surface area (Å²) in [6.45, 7) is 1.07. The number of hydrogen-bond acceptors (Lipinski definition) is 4. The highest BCUT2D eigenvalue weighted by Crippen LogP contribution is 2.22. The molecular formula is C21H22N4O2. The Bertz CT molecular complexity index is 758. The first-order valence-electron chi connectivity index (χ1n) is 8.67. The van der Waals surface area contributed by atoms with E-state index in [-0.39, 0.29) is 11.6 Å². The molecular weight excluding hydrogens is 340 g/mol. The van der Waals surface area contributed by atoms with Gasteiger partial charge in [0, 0.05) is 19.3 Å². The second-order valence-electron chi connectivity index (χ2n) is 5.78. The van der Waals surface area contributed by atoms with Crippen LogP contribution in [0.15, 0.2) is 72.4 Å². The second-order valence-corrected chi connectivity index (χ2v) is 5.78. The molecule has 138 valence electrons. The third-order valence-corrected chi connectivity index (χ3v) is 3.88. The molecule has 0 aliphatic heterocycles. The van der Waals surface area contributed by atoms with Crippen molar-refractivity contribution in [1.82, 2.24) is 16.0 Å². The molecule has 0 saturated heterocycles. The van der Waals surface area contributed by atoms with Crippen molar-refractivity contribution in [3.63, 3.8) is 0 Å². The third kappa shape index (κ3) is 6.33. The molecule has 0 aliphatic carbocycles. The van der Waals surface area contributed by atoms with Gasteiger partial charge in [0.1, 0.15) is 11.6 Å². The van der Waals surface area contributed by atoms with E-state index in [4.69, 9.17) is 0 Å². The van der Waals surface area contributed by atoms with Crippen molar-refractivity contribution in [2.24, 2.45) is 0 Å². The number of carbonyl (C=O) groups excluding carboxylic acids is 2. The van der Waals surface area contributed by atoms with E-state index in [1.807, 2.05) is 66.7 Å². The Labute approximate surface area is 158 Å². The topological polar surface area (TPSA) is 94.0 Å². The Morgan fingerprint density at radius 3 is 2.04 bits per heavy atom. The highest BCUT2D eigenvalue weighted by atomic mass is 16.1. The molecule has 2 amide bonds. The van der Waals surface area contributed by atoms with Crippen LogP contribution < -0.4 is 16.0 Å². The van der Waals surface area contributed by atoms with Crippen molar-refractivity contribution in [2.75, 3.05) is 13.1 Å². The zero-order chi connectivity index (χ0) is 19.3. The van der Waals surface area contributed by atoms with Gasteiger partial charge >= 0.3 is 0 Å². The normalized spacial score (nSPS) is 10.7. The number of nitrogens with zero attached hydrogens (tertiary/aromatic N) is 1. The average Bonchev–Trinajstić information content (AvgIpc) is 2.72. The molecule has 2 rings (SSSR count). The van der Waals surface area contributed by atoms with E-state index < -0.39 is 5.91 Å². The van der Waals surface area contributed by atoms with E-state index in [0.717, 1.165) is 11.1 Å². The number of nitriles is 1. The number of hydrogen-bond donors (Lipinski definition) is 3. The lowest BCUT2D eigenvalue weighted by Crippen LogP contribution is -2.31. The molecule has 0 unspecified atom stereocenters. The van der Waals surface area contributed by atoms with Gasteiger partial charge in [0.25, 0.3) is 5.91 Å². The summed E-state index contributed by atoms with van der Waals surface area (Å²) in [5, 5.41) is 17.7. The highest BCUT2D eigenvalue weighted by molar-refractivity contribution is 5.97. The maximum absolute atomic E-state index is 12.6. The van der Waals surface area contributed by atoms with Crippen LogP contribution in [0.2, 0.25) is 0 Å². The standard InChI is InChI=1S/C21H22N4O2/c22-14-19(15-23-12-7-13-24-16-26)21(27)25-20(17-8-3-1-4-9-17)18-10-5-2-6-11-18/h1-6,8-11,15-16,20,23H,7,12-13H2,(H,24,26)(H,25,27)/b19-15-. The van der Waals surface area contributed by atoms with E-state index >= 15 is 0 Å². The van der Waals surface area contributed by atoms with Crippen LogP contribution in [0, 0.1) is 11.3 Å². The number of rotatable bonds is 10. The first-order valence-corrected chi connectivity index (χ1v) is 8.67. The molecule has 2 aromatic carbocycles. The molecule has 6 nitrogen and oxygen atoms in total. The average molecular weight is 362 g/mol. The van der Waals surface area contributed by atoms with Crippen LogP contribution in [-0.2, 0) is 9.59 Å². The van der Waals surface area contributed by atoms with Gasteiger partial charge in [0.15, 0.2) is 0 Å². The van der Waals surface area contributed by atoms with Crippen LogP contribution in [0.25, 0.3) is 0 Å². The van der Waals surface area contributed by atoms with Crippen molar-refractivity contribution < 1.29 is 9.59 Å². The van der Waals surface area contributed by atoms with Gasteiger partial charge < -0.3 is 16.0 Å². The monoisotopic (exact) mass is 362 g/mol. The lowest BCUT2D eigenvalue weighted by atomic mass is 9.98. The van der Waals surface area contributed by atoms with Gasteiger partial charge in [-0.1, -0.05) is 60.7 Å². The van der Waals surface area contributed by atoms with Crippen molar-refractivity contribution >= 4 is 12.3 Å². The molecule has 0 radical (unpaired) electrons. The molecule has 0 spiro atoms. The van der Waals surface area contributed by atoms with Gasteiger partial charge in [-0.15, -0.1) is 0 Å². The SMILES string of the molecule is N#C/C(=C/NCCCNC=O)C(=O)NC(c1ccccc1)c1ccccc1. The first kappa shape index (κ1) is 19.7. The van der Waals surface area contributed by atoms with E-state index in [9.17, 15) is 14.9 Å². The van der Waals surface area contributed by atoms with Crippen LogP contribution in [0.1, 0.15) is 23.6 Å². The summed E-state index contributed by atoms with van der Waals surface area (Å²) in [7, 11) is 0. The zero-order valence-corrected chi connectivity index (χ0v) is 14.9. The minimum absolute atomic E-state index is 0.00444. The summed E-state index contributed by atoms with van der Waals surface area (Å²) in [5.41, 5.74) is 1.86. The highest BCUT2D eigenvalue weighted by Gasteiger charge is 2.18. The fourth-order valence-electron chi connectivity index (χ4n) is 2.53. The molecule has 0 aromatic heterocycles. The van der Waals surface area contributed by atoms with Gasteiger partial charge in [0.05, 0.1) is 6.04 Å². The summed E-state index contributed by atoms with van der Waals surface area (Å²) in [5.74, 6) is -0.450. The molecule has 6 heteroatoms. The number of benzene rings is 2. The maximum atomic E-state index is 12.6. The summed E-state index contributed by atoms with van der Waals surface area (Å²) < 4.78 is 0. The fraction of sp³-hybridized carbons (Fsp3) is 0.190. The van der Waals surface area contributed by atoms with E-state index in [0.29, 0.717) is 25.9 Å². The van der Waals surface area contributed by atoms with Gasteiger partial charge in [-0.25, -0.2) is 0 Å². The van der Waals surface area contributed by atoms with Crippen molar-refractivity contribution in [1.29, 1.82) is 5.26 Å². The molecule has 3 N–H and O–H groups in total. The molecule has 0 saturated carbocycles. The van der Waals surface area contributed by atoms with Crippen molar-refractivity contribution in [3.8, 4) is 6.07 Å². The Balaban J connectivity index is 2.08. The molecule has 0 aliphatic rings. The summed E-state index contributed by atoms with van der Waals surface area (Å²) in [6, 6.07) is 20.8. The number of amides is 2. The van der Waals surface area contributed by atoms with Crippen LogP contribution in [0.5, 0.6) is 0 Å². The second kappa shape index (κ2) is 11.1. The molecule has 27 heavy (non-hydrogen) atoms. The molecule has 0 fully saturated rings. The Morgan fingerprint density at radius 2 is 1.52 bits per heavy atom. The lowest BCUT2D eigenvalue weighted by molar-refractivity contribution is -0.117. The zero-order valence-electron chi connectivity index (χ0n) is 14.9. The first-order chi connectivity index (χ1) is 13.3.